The molecule has 3 N–H and O–H groups in total. The zero-order chi connectivity index (χ0) is 27.9. The Morgan fingerprint density at radius 2 is 1.58 bits per heavy atom. The molecule has 1 atom stereocenters. The minimum atomic E-state index is -0.856. The maximum atomic E-state index is 13.2. The van der Waals surface area contributed by atoms with Gasteiger partial charge in [0.05, 0.1) is 26.1 Å². The van der Waals surface area contributed by atoms with Crippen LogP contribution in [0.2, 0.25) is 0 Å². The van der Waals surface area contributed by atoms with E-state index in [1.807, 2.05) is 82.3 Å². The van der Waals surface area contributed by atoms with Crippen LogP contribution in [-0.2, 0) is 40.1 Å². The molecule has 0 spiro atoms. The summed E-state index contributed by atoms with van der Waals surface area (Å²) in [5, 5.41) is 2.77. The minimum absolute atomic E-state index is 0.167. The van der Waals surface area contributed by atoms with Crippen LogP contribution in [0.25, 0.3) is 0 Å². The van der Waals surface area contributed by atoms with Crippen LogP contribution in [0.15, 0.2) is 65.6 Å². The van der Waals surface area contributed by atoms with E-state index in [2.05, 4.69) is 5.32 Å². The number of benzene rings is 2. The van der Waals surface area contributed by atoms with E-state index < -0.39 is 17.6 Å². The highest BCUT2D eigenvalue weighted by molar-refractivity contribution is 5.95. The summed E-state index contributed by atoms with van der Waals surface area (Å²) in [5.74, 6) is 0.00689. The normalized spacial score (nSPS) is 12.1. The summed E-state index contributed by atoms with van der Waals surface area (Å²) in [5.41, 5.74) is 8.97. The van der Waals surface area contributed by atoms with Crippen molar-refractivity contribution in [3.8, 4) is 5.75 Å². The number of hydrogen-bond donors (Lipinski definition) is 2. The average molecular weight is 520 g/mol. The first kappa shape index (κ1) is 28.7. The lowest BCUT2D eigenvalue weighted by atomic mass is 10.0. The van der Waals surface area contributed by atoms with Crippen LogP contribution in [0.4, 0.5) is 5.69 Å². The number of nitrogens with zero attached hydrogens (tertiary/aromatic N) is 1. The van der Waals surface area contributed by atoms with Crippen LogP contribution in [-0.4, -0.2) is 35.2 Å². The van der Waals surface area contributed by atoms with Crippen molar-refractivity contribution in [1.29, 1.82) is 0 Å². The van der Waals surface area contributed by atoms with Gasteiger partial charge < -0.3 is 25.1 Å². The van der Waals surface area contributed by atoms with E-state index >= 15 is 0 Å². The fourth-order valence-electron chi connectivity index (χ4n) is 3.99. The molecule has 0 fully saturated rings. The van der Waals surface area contributed by atoms with E-state index in [1.165, 1.54) is 0 Å². The number of ether oxygens (including phenoxy) is 2. The molecule has 1 amide bonds. The Kier molecular flexibility index (Phi) is 9.47. The van der Waals surface area contributed by atoms with Crippen LogP contribution >= 0.6 is 0 Å². The van der Waals surface area contributed by atoms with Crippen LogP contribution in [0.3, 0.4) is 0 Å². The molecule has 2 aromatic carbocycles. The van der Waals surface area contributed by atoms with Crippen molar-refractivity contribution in [2.45, 2.75) is 65.1 Å². The van der Waals surface area contributed by atoms with Gasteiger partial charge in [0.25, 0.3) is 5.56 Å². The molecule has 0 saturated heterocycles. The van der Waals surface area contributed by atoms with Gasteiger partial charge in [-0.1, -0.05) is 43.3 Å². The van der Waals surface area contributed by atoms with Crippen molar-refractivity contribution in [1.82, 2.24) is 4.57 Å². The number of methoxy groups -OCH3 is 1. The van der Waals surface area contributed by atoms with E-state index in [1.54, 1.807) is 17.9 Å². The lowest BCUT2D eigenvalue weighted by Gasteiger charge is -2.19. The Bertz CT molecular complexity index is 1310. The molecule has 8 nitrogen and oxygen atoms in total. The number of hydrogen-bond acceptors (Lipinski definition) is 6. The smallest absolute Gasteiger partial charge is 0.310 e. The van der Waals surface area contributed by atoms with Gasteiger partial charge in [-0.3, -0.25) is 14.4 Å². The highest BCUT2D eigenvalue weighted by Gasteiger charge is 2.19. The van der Waals surface area contributed by atoms with Gasteiger partial charge in [0, 0.05) is 6.20 Å². The van der Waals surface area contributed by atoms with E-state index in [-0.39, 0.29) is 30.1 Å². The Hall–Kier alpha value is -3.91. The first-order valence-corrected chi connectivity index (χ1v) is 12.7. The number of nitrogens with two attached hydrogens (primary N) is 1. The molecule has 38 heavy (non-hydrogen) atoms. The van der Waals surface area contributed by atoms with Crippen LogP contribution in [0.5, 0.6) is 5.75 Å². The zero-order valence-electron chi connectivity index (χ0n) is 22.7. The lowest BCUT2D eigenvalue weighted by Crippen LogP contribution is -2.39. The summed E-state index contributed by atoms with van der Waals surface area (Å²) in [6, 6.07) is 15.8. The minimum Gasteiger partial charge on any atom is -0.497 e. The molecule has 0 aliphatic rings. The van der Waals surface area contributed by atoms with Crippen molar-refractivity contribution < 1.29 is 19.1 Å². The van der Waals surface area contributed by atoms with Crippen LogP contribution in [0, 0.1) is 0 Å². The standard InChI is InChI=1S/C30H37N3O5/c1-6-23-15-16-33(19-22-11-13-24(37-5)14-12-22)29(36)27(23)32-28(35)25(31)17-20-7-9-21(10-8-20)18-26(34)38-30(2,3)4/h7-16,25H,6,17-19,31H2,1-5H3,(H,32,35). The summed E-state index contributed by atoms with van der Waals surface area (Å²) >= 11 is 0. The number of anilines is 1. The number of carbonyl (C=O) groups excluding carboxylic acids is 2. The maximum Gasteiger partial charge on any atom is 0.310 e. The van der Waals surface area contributed by atoms with Crippen molar-refractivity contribution in [3.63, 3.8) is 0 Å². The molecule has 0 radical (unpaired) electrons. The molecule has 0 saturated carbocycles. The van der Waals surface area contributed by atoms with Gasteiger partial charge in [-0.05, 0) is 74.1 Å². The third-order valence-corrected chi connectivity index (χ3v) is 5.98. The van der Waals surface area contributed by atoms with E-state index in [9.17, 15) is 14.4 Å². The van der Waals surface area contributed by atoms with Gasteiger partial charge in [-0.2, -0.15) is 0 Å². The van der Waals surface area contributed by atoms with Crippen molar-refractivity contribution in [2.24, 2.45) is 5.73 Å². The molecular formula is C30H37N3O5. The second-order valence-electron chi connectivity index (χ2n) is 10.2. The number of amides is 1. The highest BCUT2D eigenvalue weighted by atomic mass is 16.6. The Morgan fingerprint density at radius 1 is 0.974 bits per heavy atom. The average Bonchev–Trinajstić information content (AvgIpc) is 2.87. The molecule has 202 valence electrons. The Balaban J connectivity index is 1.67. The quantitative estimate of drug-likeness (QED) is 0.394. The number of carbonyl (C=O) groups is 2. The number of nitrogens with one attached hydrogen (secondary N) is 1. The van der Waals surface area contributed by atoms with Gasteiger partial charge in [-0.15, -0.1) is 0 Å². The van der Waals surface area contributed by atoms with Gasteiger partial charge >= 0.3 is 5.97 Å². The first-order valence-electron chi connectivity index (χ1n) is 12.7. The molecule has 3 rings (SSSR count). The van der Waals surface area contributed by atoms with Crippen molar-refractivity contribution in [3.05, 3.63) is 93.4 Å². The van der Waals surface area contributed by atoms with Crippen molar-refractivity contribution in [2.75, 3.05) is 12.4 Å². The van der Waals surface area contributed by atoms with Crippen LogP contribution < -0.4 is 21.3 Å². The van der Waals surface area contributed by atoms with E-state index in [4.69, 9.17) is 15.2 Å². The number of aryl methyl sites for hydroxylation is 1. The second-order valence-corrected chi connectivity index (χ2v) is 10.2. The fraction of sp³-hybridized carbons (Fsp3) is 0.367. The van der Waals surface area contributed by atoms with Gasteiger partial charge in [0.2, 0.25) is 5.91 Å². The number of pyridine rings is 1. The van der Waals surface area contributed by atoms with Gasteiger partial charge in [-0.25, -0.2) is 0 Å². The predicted octanol–water partition coefficient (Wildman–Crippen LogP) is 3.86. The summed E-state index contributed by atoms with van der Waals surface area (Å²) in [6.07, 6.45) is 2.77. The lowest BCUT2D eigenvalue weighted by molar-refractivity contribution is -0.153. The Labute approximate surface area is 223 Å². The predicted molar refractivity (Wildman–Crippen MR) is 148 cm³/mol. The second kappa shape index (κ2) is 12.6. The number of aromatic nitrogens is 1. The topological polar surface area (TPSA) is 113 Å². The number of rotatable bonds is 10. The molecule has 3 aromatic rings. The van der Waals surface area contributed by atoms with Gasteiger partial charge in [0.15, 0.2) is 0 Å². The van der Waals surface area contributed by atoms with E-state index in [0.29, 0.717) is 13.0 Å². The molecule has 0 aliphatic carbocycles. The highest BCUT2D eigenvalue weighted by Crippen LogP contribution is 2.16. The third kappa shape index (κ3) is 8.05. The summed E-state index contributed by atoms with van der Waals surface area (Å²) < 4.78 is 12.1. The largest absolute Gasteiger partial charge is 0.497 e. The summed E-state index contributed by atoms with van der Waals surface area (Å²) in [6.45, 7) is 7.77. The number of esters is 1. The first-order chi connectivity index (χ1) is 18.0. The van der Waals surface area contributed by atoms with Gasteiger partial charge in [0.1, 0.15) is 17.0 Å². The third-order valence-electron chi connectivity index (χ3n) is 5.98. The summed E-state index contributed by atoms with van der Waals surface area (Å²) in [7, 11) is 1.60. The zero-order valence-corrected chi connectivity index (χ0v) is 22.7. The SMILES string of the molecule is CCc1ccn(Cc2ccc(OC)cc2)c(=O)c1NC(=O)C(N)Cc1ccc(CC(=O)OC(C)(C)C)cc1. The molecule has 0 bridgehead atoms. The monoisotopic (exact) mass is 519 g/mol. The Morgan fingerprint density at radius 3 is 2.16 bits per heavy atom. The molecule has 1 unspecified atom stereocenters. The van der Waals surface area contributed by atoms with Crippen molar-refractivity contribution >= 4 is 17.6 Å². The molecule has 8 heteroatoms. The molecular weight excluding hydrogens is 482 g/mol. The maximum absolute atomic E-state index is 13.2. The molecule has 1 heterocycles. The molecule has 0 aliphatic heterocycles. The van der Waals surface area contributed by atoms with Crippen LogP contribution in [0.1, 0.15) is 49.9 Å². The molecule has 1 aromatic heterocycles. The summed E-state index contributed by atoms with van der Waals surface area (Å²) in [4.78, 5) is 38.3. The fourth-order valence-corrected chi connectivity index (χ4v) is 3.99. The van der Waals surface area contributed by atoms with E-state index in [0.717, 1.165) is 28.0 Å².